The van der Waals surface area contributed by atoms with E-state index in [4.69, 9.17) is 16.4 Å². The Balaban J connectivity index is 1.97. The molecule has 8 heteroatoms. The molecular weight excluding hydrogens is 370 g/mol. The van der Waals surface area contributed by atoms with Gasteiger partial charge in [0.1, 0.15) is 10.6 Å². The number of aryl methyl sites for hydroxylation is 1. The van der Waals surface area contributed by atoms with E-state index in [1.807, 2.05) is 6.92 Å². The van der Waals surface area contributed by atoms with E-state index in [-0.39, 0.29) is 10.6 Å². The van der Waals surface area contributed by atoms with Crippen molar-refractivity contribution in [2.24, 2.45) is 5.10 Å². The maximum atomic E-state index is 12.2. The van der Waals surface area contributed by atoms with Crippen LogP contribution < -0.4 is 14.9 Å². The van der Waals surface area contributed by atoms with Crippen LogP contribution in [0.25, 0.3) is 0 Å². The lowest BCUT2D eigenvalue weighted by atomic mass is 10.2. The van der Waals surface area contributed by atoms with Crippen LogP contribution in [0.4, 0.5) is 0 Å². The Morgan fingerprint density at radius 1 is 1.19 bits per heavy atom. The molecule has 0 aliphatic heterocycles. The Morgan fingerprint density at radius 2 is 1.85 bits per heavy atom. The highest BCUT2D eigenvalue weighted by Gasteiger charge is 2.16. The molecule has 136 valence electrons. The SMILES string of the molecule is C=CCNC(=S)NN=Cc1ccc(OS(=O)(=O)c2ccc(C)cc2)cc1. The zero-order valence-corrected chi connectivity index (χ0v) is 15.8. The standard InChI is InChI=1S/C18H19N3O3S2/c1-3-12-19-18(25)21-20-13-15-6-8-16(9-7-15)24-26(22,23)17-10-4-14(2)5-11-17/h3-11,13H,1,12H2,2H3,(H2,19,21,25). The van der Waals surface area contributed by atoms with Crippen molar-refractivity contribution in [3.05, 3.63) is 72.3 Å². The van der Waals surface area contributed by atoms with Gasteiger partial charge in [-0.2, -0.15) is 13.5 Å². The van der Waals surface area contributed by atoms with Gasteiger partial charge in [0.05, 0.1) is 6.21 Å². The minimum absolute atomic E-state index is 0.110. The van der Waals surface area contributed by atoms with E-state index in [9.17, 15) is 8.42 Å². The van der Waals surface area contributed by atoms with Crippen LogP contribution in [0.15, 0.2) is 71.2 Å². The molecule has 0 heterocycles. The van der Waals surface area contributed by atoms with E-state index in [2.05, 4.69) is 22.4 Å². The smallest absolute Gasteiger partial charge is 0.339 e. The number of nitrogens with one attached hydrogen (secondary N) is 2. The monoisotopic (exact) mass is 389 g/mol. The van der Waals surface area contributed by atoms with Gasteiger partial charge in [0.25, 0.3) is 0 Å². The fourth-order valence-corrected chi connectivity index (χ4v) is 2.93. The van der Waals surface area contributed by atoms with Crippen LogP contribution >= 0.6 is 12.2 Å². The molecule has 0 unspecified atom stereocenters. The van der Waals surface area contributed by atoms with Gasteiger partial charge in [-0.05, 0) is 61.1 Å². The number of hydrogen-bond donors (Lipinski definition) is 2. The van der Waals surface area contributed by atoms with Gasteiger partial charge in [0.2, 0.25) is 0 Å². The number of nitrogens with zero attached hydrogens (tertiary/aromatic N) is 1. The van der Waals surface area contributed by atoms with Crippen molar-refractivity contribution in [3.8, 4) is 5.75 Å². The third-order valence-electron chi connectivity index (χ3n) is 3.18. The summed E-state index contributed by atoms with van der Waals surface area (Å²) in [5.41, 5.74) is 4.39. The van der Waals surface area contributed by atoms with Gasteiger partial charge in [-0.15, -0.1) is 6.58 Å². The molecule has 0 radical (unpaired) electrons. The molecule has 0 saturated heterocycles. The number of thiocarbonyl (C=S) groups is 1. The second kappa shape index (κ2) is 9.12. The Hall–Kier alpha value is -2.71. The normalized spacial score (nSPS) is 11.1. The van der Waals surface area contributed by atoms with E-state index >= 15 is 0 Å². The summed E-state index contributed by atoms with van der Waals surface area (Å²) in [6.45, 7) is 6.00. The minimum atomic E-state index is -3.86. The molecule has 0 spiro atoms. The van der Waals surface area contributed by atoms with E-state index in [0.29, 0.717) is 11.7 Å². The molecule has 6 nitrogen and oxygen atoms in total. The van der Waals surface area contributed by atoms with Crippen molar-refractivity contribution >= 4 is 33.7 Å². The first-order valence-electron chi connectivity index (χ1n) is 7.70. The summed E-state index contributed by atoms with van der Waals surface area (Å²) in [6.07, 6.45) is 3.24. The zero-order valence-electron chi connectivity index (χ0n) is 14.2. The van der Waals surface area contributed by atoms with Crippen LogP contribution in [0.5, 0.6) is 5.75 Å². The average molecular weight is 390 g/mol. The lowest BCUT2D eigenvalue weighted by Gasteiger charge is -2.07. The average Bonchev–Trinajstić information content (AvgIpc) is 2.61. The Bertz CT molecular complexity index is 890. The lowest BCUT2D eigenvalue weighted by Crippen LogP contribution is -2.31. The van der Waals surface area contributed by atoms with Crippen LogP contribution in [-0.4, -0.2) is 26.3 Å². The highest BCUT2D eigenvalue weighted by molar-refractivity contribution is 7.87. The van der Waals surface area contributed by atoms with E-state index in [1.165, 1.54) is 12.1 Å². The van der Waals surface area contributed by atoms with Crippen LogP contribution in [-0.2, 0) is 10.1 Å². The first-order chi connectivity index (χ1) is 12.4. The fraction of sp³-hybridized carbons (Fsp3) is 0.111. The molecule has 2 aromatic rings. The fourth-order valence-electron chi connectivity index (χ4n) is 1.86. The number of hydrazone groups is 1. The molecule has 2 rings (SSSR count). The van der Waals surface area contributed by atoms with Gasteiger partial charge in [-0.25, -0.2) is 0 Å². The molecule has 0 aliphatic rings. The maximum absolute atomic E-state index is 12.2. The van der Waals surface area contributed by atoms with Crippen LogP contribution in [0, 0.1) is 6.92 Å². The van der Waals surface area contributed by atoms with E-state index in [0.717, 1.165) is 11.1 Å². The Labute approximate surface area is 158 Å². The predicted octanol–water partition coefficient (Wildman–Crippen LogP) is 2.75. The van der Waals surface area contributed by atoms with E-state index in [1.54, 1.807) is 48.7 Å². The molecule has 26 heavy (non-hydrogen) atoms. The van der Waals surface area contributed by atoms with Gasteiger partial charge >= 0.3 is 10.1 Å². The summed E-state index contributed by atoms with van der Waals surface area (Å²) < 4.78 is 29.6. The highest BCUT2D eigenvalue weighted by Crippen LogP contribution is 2.19. The molecule has 0 amide bonds. The van der Waals surface area contributed by atoms with Crippen LogP contribution in [0.1, 0.15) is 11.1 Å². The van der Waals surface area contributed by atoms with Gasteiger partial charge in [0.15, 0.2) is 5.11 Å². The number of benzene rings is 2. The summed E-state index contributed by atoms with van der Waals surface area (Å²) in [7, 11) is -3.86. The van der Waals surface area contributed by atoms with Gasteiger partial charge in [-0.3, -0.25) is 5.43 Å². The topological polar surface area (TPSA) is 79.8 Å². The molecule has 0 aliphatic carbocycles. The summed E-state index contributed by atoms with van der Waals surface area (Å²) in [5.74, 6) is 0.221. The molecule has 0 bridgehead atoms. The second-order valence-electron chi connectivity index (χ2n) is 5.29. The summed E-state index contributed by atoms with van der Waals surface area (Å²) in [6, 6.07) is 13.0. The Kier molecular flexibility index (Phi) is 6.88. The summed E-state index contributed by atoms with van der Waals surface area (Å²) >= 11 is 5.00. The molecular formula is C18H19N3O3S2. The molecule has 0 atom stereocenters. The van der Waals surface area contributed by atoms with Crippen molar-refractivity contribution in [1.29, 1.82) is 0 Å². The molecule has 2 aromatic carbocycles. The Morgan fingerprint density at radius 3 is 2.46 bits per heavy atom. The molecule has 0 saturated carbocycles. The van der Waals surface area contributed by atoms with Crippen molar-refractivity contribution in [2.45, 2.75) is 11.8 Å². The van der Waals surface area contributed by atoms with Crippen molar-refractivity contribution in [2.75, 3.05) is 6.54 Å². The highest BCUT2D eigenvalue weighted by atomic mass is 32.2. The van der Waals surface area contributed by atoms with Gasteiger partial charge in [0, 0.05) is 6.54 Å². The third-order valence-corrected chi connectivity index (χ3v) is 4.68. The zero-order chi connectivity index (χ0) is 19.0. The second-order valence-corrected chi connectivity index (χ2v) is 7.24. The minimum Gasteiger partial charge on any atom is -0.379 e. The van der Waals surface area contributed by atoms with Crippen LogP contribution in [0.2, 0.25) is 0 Å². The van der Waals surface area contributed by atoms with Gasteiger partial charge < -0.3 is 9.50 Å². The number of rotatable bonds is 7. The third kappa shape index (κ3) is 5.98. The van der Waals surface area contributed by atoms with Crippen molar-refractivity contribution < 1.29 is 12.6 Å². The summed E-state index contributed by atoms with van der Waals surface area (Å²) in [4.78, 5) is 0.110. The first kappa shape index (κ1) is 19.6. The number of hydrogen-bond acceptors (Lipinski definition) is 5. The van der Waals surface area contributed by atoms with Crippen molar-refractivity contribution in [3.63, 3.8) is 0 Å². The molecule has 0 aromatic heterocycles. The quantitative estimate of drug-likeness (QED) is 0.249. The molecule has 2 N–H and O–H groups in total. The largest absolute Gasteiger partial charge is 0.379 e. The van der Waals surface area contributed by atoms with Gasteiger partial charge in [-0.1, -0.05) is 23.8 Å². The van der Waals surface area contributed by atoms with E-state index < -0.39 is 10.1 Å². The predicted molar refractivity (Wildman–Crippen MR) is 107 cm³/mol. The first-order valence-corrected chi connectivity index (χ1v) is 9.51. The lowest BCUT2D eigenvalue weighted by molar-refractivity contribution is 0.486. The summed E-state index contributed by atoms with van der Waals surface area (Å²) in [5, 5.41) is 7.24. The van der Waals surface area contributed by atoms with Crippen LogP contribution in [0.3, 0.4) is 0 Å². The maximum Gasteiger partial charge on any atom is 0.339 e. The van der Waals surface area contributed by atoms with Crippen molar-refractivity contribution in [1.82, 2.24) is 10.7 Å². The molecule has 0 fully saturated rings.